The Kier molecular flexibility index (Phi) is 59.1. The average Bonchev–Trinajstić information content (AvgIpc) is 0.806. The molecule has 2 aromatic carbocycles. The molecule has 15 N–H and O–H groups in total. The number of nitrogens with zero attached hydrogens (tertiary/aromatic N) is 14. The molecule has 8 heterocycles. The molecule has 0 aliphatic carbocycles. The number of nitrogens with one attached hydrogen (secondary N) is 4. The molecule has 41 heteroatoms. The van der Waals surface area contributed by atoms with E-state index in [9.17, 15) is 28.5 Å². The zero-order valence-corrected chi connectivity index (χ0v) is 87.0. The third-order valence-corrected chi connectivity index (χ3v) is 21.5. The van der Waals surface area contributed by atoms with Gasteiger partial charge in [0.25, 0.3) is 0 Å². The Balaban J connectivity index is 0.000000788. The number of aromatic nitrogens is 12. The second-order valence-electron chi connectivity index (χ2n) is 32.9. The van der Waals surface area contributed by atoms with Crippen LogP contribution in [0.25, 0.3) is 44.1 Å². The number of aliphatic hydroxyl groups is 5. The van der Waals surface area contributed by atoms with Crippen LogP contribution in [0.15, 0.2) is 85.5 Å². The van der Waals surface area contributed by atoms with E-state index < -0.39 is 29.1 Å². The monoisotopic (exact) mass is 2020 g/mol. The van der Waals surface area contributed by atoms with E-state index >= 15 is 0 Å². The number of carbonyl (C=O) groups is 1. The third-order valence-electron chi connectivity index (χ3n) is 20.1. The molecule has 0 amide bonds. The number of alkyl halides is 3. The number of unbranched alkanes of at least 4 members (excludes halogenated alkanes) is 4. The maximum Gasteiger partial charge on any atom is 0.446 e. The molecule has 10 aromatic rings. The molecule has 31 nitrogen and oxygen atoms in total. The summed E-state index contributed by atoms with van der Waals surface area (Å²) in [4.78, 5) is 64.1. The van der Waals surface area contributed by atoms with E-state index in [0.29, 0.717) is 131 Å². The predicted molar refractivity (Wildman–Crippen MR) is 544 cm³/mol. The first-order valence-corrected chi connectivity index (χ1v) is 46.8. The van der Waals surface area contributed by atoms with Crippen LogP contribution < -0.4 is 57.4 Å². The number of halogens is 10. The normalized spacial score (nSPS) is 12.7. The van der Waals surface area contributed by atoms with Crippen LogP contribution in [0.5, 0.6) is 23.0 Å². The molecule has 0 spiro atoms. The van der Waals surface area contributed by atoms with Crippen molar-refractivity contribution in [1.29, 1.82) is 0 Å². The summed E-state index contributed by atoms with van der Waals surface area (Å²) in [7, 11) is 7.47. The number of benzene rings is 2. The SMILES string of the molecule is CCCC[C@@](C)(N)CO.CCCC[C@](C)(CO)Nc1nc(Cl)nc2cc(Cl)cnc12.CCCC[C@](C)(CO)Nc1nc(N)nc2cc(Cl)cnc12.CCCC[C@](C)(CO)Nc1nc(NCc2ccc(OC)cc2OC)nc2cc(Cl)cnc12.CCN(C(C)C)C(C)C.CCN(C(C)C)C(C)C.CO.COc1ccc(CN)c(OC)c1.Clc1cnc2c(Cl)nc(Cl)nc2c1.O=CC(F)(F)F. The zero-order chi connectivity index (χ0) is 102. The molecule has 8 aromatic heterocycles. The van der Waals surface area contributed by atoms with Crippen LogP contribution in [0.2, 0.25) is 35.8 Å². The summed E-state index contributed by atoms with van der Waals surface area (Å²) in [6, 6.07) is 20.7. The van der Waals surface area contributed by atoms with Gasteiger partial charge >= 0.3 is 6.18 Å². The van der Waals surface area contributed by atoms with Gasteiger partial charge in [-0.2, -0.15) is 28.1 Å². The highest BCUT2D eigenvalue weighted by Crippen LogP contribution is 2.34. The van der Waals surface area contributed by atoms with E-state index in [4.69, 9.17) is 132 Å². The molecular formula is C93H143Cl7F3N21O10. The lowest BCUT2D eigenvalue weighted by atomic mass is 9.96. The zero-order valence-electron chi connectivity index (χ0n) is 81.7. The number of nitrogen functional groups attached to an aromatic ring is 1. The number of pyridine rings is 4. The van der Waals surface area contributed by atoms with E-state index in [2.05, 4.69) is 188 Å². The number of ether oxygens (including phenoxy) is 4. The van der Waals surface area contributed by atoms with Crippen molar-refractivity contribution in [3.63, 3.8) is 0 Å². The Morgan fingerprint density at radius 2 is 0.776 bits per heavy atom. The maximum atomic E-state index is 10.4. The van der Waals surface area contributed by atoms with Gasteiger partial charge in [-0.15, -0.1) is 0 Å². The molecule has 0 saturated heterocycles. The van der Waals surface area contributed by atoms with Crippen LogP contribution in [-0.4, -0.2) is 229 Å². The minimum atomic E-state index is -4.64. The van der Waals surface area contributed by atoms with Gasteiger partial charge in [0.1, 0.15) is 45.1 Å². The Labute approximate surface area is 823 Å². The summed E-state index contributed by atoms with van der Waals surface area (Å²) in [5.74, 6) is 5.10. The Hall–Kier alpha value is -8.27. The largest absolute Gasteiger partial charge is 0.497 e. The maximum absolute atomic E-state index is 10.4. The van der Waals surface area contributed by atoms with Crippen LogP contribution in [-0.2, 0) is 17.9 Å². The summed E-state index contributed by atoms with van der Waals surface area (Å²) in [5.41, 5.74) is 21.5. The minimum Gasteiger partial charge on any atom is -0.497 e. The number of hydrogen-bond acceptors (Lipinski definition) is 31. The van der Waals surface area contributed by atoms with Gasteiger partial charge in [0.15, 0.2) is 22.6 Å². The van der Waals surface area contributed by atoms with Crippen LogP contribution in [0.1, 0.15) is 213 Å². The van der Waals surface area contributed by atoms with Crippen molar-refractivity contribution in [2.45, 2.75) is 267 Å². The van der Waals surface area contributed by atoms with Gasteiger partial charge in [-0.3, -0.25) is 14.6 Å². The van der Waals surface area contributed by atoms with Crippen molar-refractivity contribution in [2.24, 2.45) is 11.5 Å². The molecule has 4 atom stereocenters. The highest BCUT2D eigenvalue weighted by Gasteiger charge is 2.29. The number of rotatable bonds is 36. The molecule has 0 aliphatic rings. The third kappa shape index (κ3) is 45.3. The fourth-order valence-corrected chi connectivity index (χ4v) is 14.1. The van der Waals surface area contributed by atoms with Gasteiger partial charge in [-0.1, -0.05) is 157 Å². The lowest BCUT2D eigenvalue weighted by Crippen LogP contribution is -2.39. The van der Waals surface area contributed by atoms with Crippen molar-refractivity contribution < 1.29 is 62.4 Å². The van der Waals surface area contributed by atoms with Crippen molar-refractivity contribution in [3.8, 4) is 23.0 Å². The van der Waals surface area contributed by atoms with Crippen LogP contribution in [0, 0.1) is 0 Å². The average molecular weight is 2020 g/mol. The molecule has 134 heavy (non-hydrogen) atoms. The van der Waals surface area contributed by atoms with Gasteiger partial charge in [0, 0.05) is 98.0 Å². The molecule has 0 saturated carbocycles. The standard InChI is InChI=1S/C23H30ClN5O3.C14H18Cl2N4O.C14H20ClN5O.C9H13NO2.2C8H19N.C7H2Cl3N3.C7H17NO.C2HF3O.CH4O/c1-5-6-9-23(2,14-30)29-21-20-18(10-16(24)13-25-20)27-22(28-21)26-12-15-7-8-17(31-3)11-19(15)32-4;2*1-3-4-5-14(2,8-21)20-12-11-10(18-13(16)19-12)6-9(15)7-17-11;1-11-8-4-3-7(6-10)9(5-8)12-2;2*1-6-9(7(2)3)8(4)5;8-3-1-4-5(11-2-3)6(9)13-7(10)12-4;1-3-4-5-7(2,8)6-9;3-2(4,5)1-6;1-2/h7-8,10-11,13,30H,5-6,9,12,14H2,1-4H3,(H2,26,27,28,29);6-7,21H,3-5,8H2,1-2H3,(H,18,19,20);6-7,21H,3-5,8H2,1-2H3,(H3,16,18,19,20);3-5H,6,10H2,1-2H3;2*7-8H,6H2,1-5H3;1-2H;9H,3-6,8H2,1-2H3;1H;2H,1H3/t23-;2*14-;;;;;7-;;/m111....1../s1. The van der Waals surface area contributed by atoms with Crippen LogP contribution in [0.3, 0.4) is 0 Å². The fraction of sp³-hybridized carbons (Fsp3) is 0.559. The summed E-state index contributed by atoms with van der Waals surface area (Å²) in [6.07, 6.45) is 12.1. The van der Waals surface area contributed by atoms with E-state index in [-0.39, 0.29) is 53.6 Å². The van der Waals surface area contributed by atoms with Gasteiger partial charge in [0.2, 0.25) is 28.8 Å². The molecule has 0 unspecified atom stereocenters. The highest BCUT2D eigenvalue weighted by molar-refractivity contribution is 6.36. The second-order valence-corrected chi connectivity index (χ2v) is 35.7. The first kappa shape index (κ1) is 124. The Bertz CT molecular complexity index is 4890. The molecule has 750 valence electrons. The summed E-state index contributed by atoms with van der Waals surface area (Å²) < 4.78 is 52.1. The lowest BCUT2D eigenvalue weighted by molar-refractivity contribution is -0.156. The van der Waals surface area contributed by atoms with Crippen molar-refractivity contribution >= 4 is 161 Å². The van der Waals surface area contributed by atoms with Crippen molar-refractivity contribution in [2.75, 3.05) is 102 Å². The number of nitrogens with two attached hydrogens (primary N) is 3. The number of carbonyl (C=O) groups excluding carboxylic acids is 1. The quantitative estimate of drug-likeness (QED) is 0.00985. The highest BCUT2D eigenvalue weighted by atomic mass is 35.5. The molecule has 0 radical (unpaired) electrons. The first-order chi connectivity index (χ1) is 63.2. The Morgan fingerprint density at radius 1 is 0.448 bits per heavy atom. The number of aliphatic hydroxyl groups excluding tert-OH is 5. The number of fused-ring (bicyclic) bond motifs is 4. The number of methoxy groups -OCH3 is 4. The topological polar surface area (TPSA) is 442 Å². The van der Waals surface area contributed by atoms with Gasteiger partial charge < -0.3 is 82.9 Å². The molecule has 10 rings (SSSR count). The number of anilines is 5. The Morgan fingerprint density at radius 3 is 1.10 bits per heavy atom. The molecule has 0 fully saturated rings. The second kappa shape index (κ2) is 64.0. The molecule has 0 bridgehead atoms. The minimum absolute atomic E-state index is 0.00795. The first-order valence-electron chi connectivity index (χ1n) is 44.2. The van der Waals surface area contributed by atoms with E-state index in [1.807, 2.05) is 64.1 Å². The summed E-state index contributed by atoms with van der Waals surface area (Å²) in [6.45, 7) is 41.8. The van der Waals surface area contributed by atoms with E-state index in [0.717, 1.165) is 126 Å². The summed E-state index contributed by atoms with van der Waals surface area (Å²) in [5, 5.41) is 60.6. The van der Waals surface area contributed by atoms with Gasteiger partial charge in [-0.25, -0.2) is 44.9 Å². The molecular weight excluding hydrogens is 1880 g/mol. The van der Waals surface area contributed by atoms with Gasteiger partial charge in [0.05, 0.1) is 114 Å². The number of aldehydes is 1. The number of hydrogen-bond donors (Lipinski definition) is 12. The van der Waals surface area contributed by atoms with E-state index in [1.54, 1.807) is 58.9 Å². The lowest BCUT2D eigenvalue weighted by Gasteiger charge is -2.29. The summed E-state index contributed by atoms with van der Waals surface area (Å²) >= 11 is 41.1. The van der Waals surface area contributed by atoms with Gasteiger partial charge in [-0.05, 0) is 188 Å². The smallest absolute Gasteiger partial charge is 0.446 e. The van der Waals surface area contributed by atoms with E-state index in [1.165, 1.54) is 18.6 Å². The van der Waals surface area contributed by atoms with Crippen molar-refractivity contribution in [1.82, 2.24) is 69.6 Å². The predicted octanol–water partition coefficient (Wildman–Crippen LogP) is 20.6. The fourth-order valence-electron chi connectivity index (χ4n) is 12.9. The van der Waals surface area contributed by atoms with Crippen LogP contribution >= 0.6 is 81.2 Å². The van der Waals surface area contributed by atoms with Crippen LogP contribution in [0.4, 0.5) is 42.5 Å². The molecule has 0 aliphatic heterocycles. The van der Waals surface area contributed by atoms with Crippen molar-refractivity contribution in [3.05, 3.63) is 132 Å².